The number of ether oxygens (including phenoxy) is 3. The standard InChI is InChI=1S/C36H37F3N2O6/c1-3-4-18-46-31-6-5-7-32(20-31)47-29-15-10-26(11-16-29)23-41(24-35(43)44)22-25-8-13-28(14-9-25)40-34(42)19-27-12-17-30(45-2)21-33(27)36(37,38)39/h5-17,20-21H,3-4,18-19,22-24H2,1-2H3,(H,40,42)(H,43,44). The van der Waals surface area contributed by atoms with Gasteiger partial charge in [0, 0.05) is 24.8 Å². The summed E-state index contributed by atoms with van der Waals surface area (Å²) in [7, 11) is 1.27. The number of nitrogens with zero attached hydrogens (tertiary/aromatic N) is 1. The van der Waals surface area contributed by atoms with Gasteiger partial charge in [-0.15, -0.1) is 0 Å². The molecule has 0 aliphatic heterocycles. The van der Waals surface area contributed by atoms with E-state index in [1.165, 1.54) is 19.2 Å². The quantitative estimate of drug-likeness (QED) is 0.119. The Bertz CT molecular complexity index is 1630. The van der Waals surface area contributed by atoms with Crippen LogP contribution in [0.5, 0.6) is 23.0 Å². The third-order valence-corrected chi connectivity index (χ3v) is 7.11. The first-order valence-corrected chi connectivity index (χ1v) is 15.1. The fraction of sp³-hybridized carbons (Fsp3) is 0.278. The number of anilines is 1. The van der Waals surface area contributed by atoms with Gasteiger partial charge >= 0.3 is 12.1 Å². The van der Waals surface area contributed by atoms with Crippen molar-refractivity contribution < 1.29 is 42.1 Å². The second-order valence-corrected chi connectivity index (χ2v) is 10.9. The Labute approximate surface area is 271 Å². The van der Waals surface area contributed by atoms with Crippen LogP contribution < -0.4 is 19.5 Å². The van der Waals surface area contributed by atoms with Gasteiger partial charge in [-0.2, -0.15) is 13.2 Å². The number of amides is 1. The molecule has 4 aromatic carbocycles. The highest BCUT2D eigenvalue weighted by atomic mass is 19.4. The van der Waals surface area contributed by atoms with Crippen molar-refractivity contribution in [1.82, 2.24) is 4.90 Å². The first-order chi connectivity index (χ1) is 22.5. The molecule has 0 heterocycles. The maximum Gasteiger partial charge on any atom is 0.416 e. The number of hydrogen-bond donors (Lipinski definition) is 2. The van der Waals surface area contributed by atoms with E-state index in [-0.39, 0.29) is 17.9 Å². The van der Waals surface area contributed by atoms with Crippen LogP contribution in [0.3, 0.4) is 0 Å². The molecule has 0 unspecified atom stereocenters. The van der Waals surface area contributed by atoms with Crippen LogP contribution in [-0.2, 0) is 35.3 Å². The first-order valence-electron chi connectivity index (χ1n) is 15.1. The number of carbonyl (C=O) groups excluding carboxylic acids is 1. The number of hydrogen-bond acceptors (Lipinski definition) is 6. The van der Waals surface area contributed by atoms with Crippen molar-refractivity contribution >= 4 is 17.6 Å². The van der Waals surface area contributed by atoms with Crippen LogP contribution in [0.1, 0.15) is 42.0 Å². The van der Waals surface area contributed by atoms with Gasteiger partial charge in [-0.05, 0) is 71.6 Å². The maximum absolute atomic E-state index is 13.5. The molecule has 0 saturated carbocycles. The van der Waals surface area contributed by atoms with Gasteiger partial charge in [-0.3, -0.25) is 14.5 Å². The highest BCUT2D eigenvalue weighted by Crippen LogP contribution is 2.35. The molecule has 1 amide bonds. The van der Waals surface area contributed by atoms with Crippen molar-refractivity contribution in [3.8, 4) is 23.0 Å². The number of halogens is 3. The molecular weight excluding hydrogens is 613 g/mol. The van der Waals surface area contributed by atoms with Crippen LogP contribution in [0.25, 0.3) is 0 Å². The van der Waals surface area contributed by atoms with Gasteiger partial charge < -0.3 is 24.6 Å². The molecule has 248 valence electrons. The Morgan fingerprint density at radius 1 is 0.830 bits per heavy atom. The third-order valence-electron chi connectivity index (χ3n) is 7.11. The number of aliphatic carboxylic acids is 1. The van der Waals surface area contributed by atoms with Crippen molar-refractivity contribution in [3.63, 3.8) is 0 Å². The van der Waals surface area contributed by atoms with E-state index in [1.54, 1.807) is 29.2 Å². The Kier molecular flexibility index (Phi) is 12.2. The summed E-state index contributed by atoms with van der Waals surface area (Å²) in [5.41, 5.74) is 0.980. The minimum Gasteiger partial charge on any atom is -0.497 e. The van der Waals surface area contributed by atoms with Crippen molar-refractivity contribution in [2.75, 3.05) is 25.6 Å². The molecule has 11 heteroatoms. The van der Waals surface area contributed by atoms with Crippen LogP contribution in [0, 0.1) is 0 Å². The molecule has 4 rings (SSSR count). The Morgan fingerprint density at radius 3 is 2.09 bits per heavy atom. The van der Waals surface area contributed by atoms with Gasteiger partial charge in [-0.25, -0.2) is 0 Å². The van der Waals surface area contributed by atoms with Crippen LogP contribution in [0.4, 0.5) is 18.9 Å². The van der Waals surface area contributed by atoms with E-state index < -0.39 is 30.0 Å². The van der Waals surface area contributed by atoms with Crippen molar-refractivity contribution in [3.05, 3.63) is 113 Å². The summed E-state index contributed by atoms with van der Waals surface area (Å²) in [5, 5.41) is 12.1. The molecule has 0 aromatic heterocycles. The molecule has 47 heavy (non-hydrogen) atoms. The number of carboxylic acid groups (broad SMARTS) is 1. The smallest absolute Gasteiger partial charge is 0.416 e. The monoisotopic (exact) mass is 650 g/mol. The van der Waals surface area contributed by atoms with E-state index in [9.17, 15) is 27.9 Å². The number of methoxy groups -OCH3 is 1. The molecule has 0 atom stereocenters. The SMILES string of the molecule is CCCCOc1cccc(Oc2ccc(CN(CC(=O)O)Cc3ccc(NC(=O)Cc4ccc(OC)cc4C(F)(F)F)cc3)cc2)c1. The predicted molar refractivity (Wildman–Crippen MR) is 172 cm³/mol. The molecule has 0 fully saturated rings. The first kappa shape index (κ1) is 34.8. The average molecular weight is 651 g/mol. The van der Waals surface area contributed by atoms with E-state index >= 15 is 0 Å². The molecule has 0 spiro atoms. The lowest BCUT2D eigenvalue weighted by atomic mass is 10.0. The minimum atomic E-state index is -4.64. The largest absolute Gasteiger partial charge is 0.497 e. The minimum absolute atomic E-state index is 0.0467. The number of benzene rings is 4. The van der Waals surface area contributed by atoms with E-state index in [4.69, 9.17) is 14.2 Å². The molecule has 8 nitrogen and oxygen atoms in total. The number of rotatable bonds is 16. The Hall–Kier alpha value is -5.03. The topological polar surface area (TPSA) is 97.3 Å². The van der Waals surface area contributed by atoms with Gasteiger partial charge in [0.15, 0.2) is 0 Å². The van der Waals surface area contributed by atoms with Crippen LogP contribution in [0.2, 0.25) is 0 Å². The second-order valence-electron chi connectivity index (χ2n) is 10.9. The van der Waals surface area contributed by atoms with Crippen molar-refractivity contribution in [1.29, 1.82) is 0 Å². The Morgan fingerprint density at radius 2 is 1.47 bits per heavy atom. The molecular formula is C36H37F3N2O6. The van der Waals surface area contributed by atoms with E-state index in [1.807, 2.05) is 48.5 Å². The third kappa shape index (κ3) is 11.1. The zero-order chi connectivity index (χ0) is 33.8. The van der Waals surface area contributed by atoms with Gasteiger partial charge in [0.2, 0.25) is 5.91 Å². The lowest BCUT2D eigenvalue weighted by Crippen LogP contribution is -2.29. The fourth-order valence-electron chi connectivity index (χ4n) is 4.81. The van der Waals surface area contributed by atoms with E-state index in [2.05, 4.69) is 12.2 Å². The van der Waals surface area contributed by atoms with Crippen molar-refractivity contribution in [2.45, 2.75) is 45.5 Å². The number of alkyl halides is 3. The predicted octanol–water partition coefficient (Wildman–Crippen LogP) is 7.95. The molecule has 0 radical (unpaired) electrons. The normalized spacial score (nSPS) is 11.3. The molecule has 0 aliphatic carbocycles. The summed E-state index contributed by atoms with van der Waals surface area (Å²) >= 11 is 0. The number of unbranched alkanes of at least 4 members (excludes halogenated alkanes) is 1. The number of carbonyl (C=O) groups is 2. The summed E-state index contributed by atoms with van der Waals surface area (Å²) < 4.78 is 57.2. The molecule has 0 aliphatic rings. The summed E-state index contributed by atoms with van der Waals surface area (Å²) in [5.74, 6) is 0.466. The Balaban J connectivity index is 1.34. The average Bonchev–Trinajstić information content (AvgIpc) is 3.02. The molecule has 2 N–H and O–H groups in total. The van der Waals surface area contributed by atoms with Crippen LogP contribution in [-0.4, -0.2) is 42.1 Å². The molecule has 0 saturated heterocycles. The number of nitrogens with one attached hydrogen (secondary N) is 1. The van der Waals surface area contributed by atoms with Crippen molar-refractivity contribution in [2.24, 2.45) is 0 Å². The zero-order valence-corrected chi connectivity index (χ0v) is 26.2. The van der Waals surface area contributed by atoms with E-state index in [0.717, 1.165) is 35.8 Å². The summed E-state index contributed by atoms with van der Waals surface area (Å²) in [6.45, 7) is 3.21. The van der Waals surface area contributed by atoms with Crippen LogP contribution >= 0.6 is 0 Å². The highest BCUT2D eigenvalue weighted by Gasteiger charge is 2.34. The molecule has 0 bridgehead atoms. The number of carboxylic acids is 1. The van der Waals surface area contributed by atoms with Crippen LogP contribution in [0.15, 0.2) is 91.0 Å². The highest BCUT2D eigenvalue weighted by molar-refractivity contribution is 5.92. The maximum atomic E-state index is 13.5. The fourth-order valence-corrected chi connectivity index (χ4v) is 4.81. The van der Waals surface area contributed by atoms with Gasteiger partial charge in [0.25, 0.3) is 0 Å². The van der Waals surface area contributed by atoms with Gasteiger partial charge in [0.1, 0.15) is 23.0 Å². The summed E-state index contributed by atoms with van der Waals surface area (Å²) in [6.07, 6.45) is -3.10. The van der Waals surface area contributed by atoms with E-state index in [0.29, 0.717) is 36.9 Å². The summed E-state index contributed by atoms with van der Waals surface area (Å²) in [6, 6.07) is 25.0. The lowest BCUT2D eigenvalue weighted by molar-refractivity contribution is -0.139. The summed E-state index contributed by atoms with van der Waals surface area (Å²) in [4.78, 5) is 26.0. The lowest BCUT2D eigenvalue weighted by Gasteiger charge is -2.21. The van der Waals surface area contributed by atoms with Gasteiger partial charge in [-0.1, -0.05) is 49.7 Å². The van der Waals surface area contributed by atoms with Gasteiger partial charge in [0.05, 0.1) is 32.2 Å². The zero-order valence-electron chi connectivity index (χ0n) is 26.2. The molecule has 4 aromatic rings. The second kappa shape index (κ2) is 16.5.